The summed E-state index contributed by atoms with van der Waals surface area (Å²) >= 11 is 0. The van der Waals surface area contributed by atoms with Crippen molar-refractivity contribution >= 4 is 0 Å². The van der Waals surface area contributed by atoms with Crippen LogP contribution >= 0.6 is 0 Å². The van der Waals surface area contributed by atoms with Gasteiger partial charge in [0.1, 0.15) is 5.60 Å². The van der Waals surface area contributed by atoms with E-state index in [0.29, 0.717) is 13.0 Å². The molecule has 0 aromatic heterocycles. The van der Waals surface area contributed by atoms with Crippen LogP contribution in [-0.2, 0) is 4.74 Å². The van der Waals surface area contributed by atoms with Crippen molar-refractivity contribution in [2.24, 2.45) is 0 Å². The molecule has 1 aliphatic rings. The molecule has 0 spiro atoms. The second-order valence-electron chi connectivity index (χ2n) is 2.58. The first-order valence-corrected chi connectivity index (χ1v) is 3.13. The van der Waals surface area contributed by atoms with Crippen LogP contribution in [0.3, 0.4) is 0 Å². The van der Waals surface area contributed by atoms with Gasteiger partial charge in [0.15, 0.2) is 0 Å². The Bertz CT molecular complexity index is 94.5. The number of ether oxygens (including phenoxy) is 1. The molecule has 0 radical (unpaired) electrons. The molecule has 3 heteroatoms. The summed E-state index contributed by atoms with van der Waals surface area (Å²) in [5, 5.41) is 18.4. The molecule has 3 nitrogen and oxygen atoms in total. The average Bonchev–Trinajstić information content (AvgIpc) is 2.16. The fourth-order valence-corrected chi connectivity index (χ4v) is 0.899. The quantitative estimate of drug-likeness (QED) is 0.506. The van der Waals surface area contributed by atoms with Gasteiger partial charge in [-0.3, -0.25) is 0 Å². The number of rotatable bonds is 1. The van der Waals surface area contributed by atoms with Crippen LogP contribution < -0.4 is 0 Å². The highest BCUT2D eigenvalue weighted by atomic mass is 16.5. The predicted octanol–water partition coefficient (Wildman–Crippen LogP) is -0.481. The summed E-state index contributed by atoms with van der Waals surface area (Å²) in [6.07, 6.45) is -0.134. The summed E-state index contributed by atoms with van der Waals surface area (Å²) < 4.78 is 4.91. The van der Waals surface area contributed by atoms with Crippen molar-refractivity contribution in [3.8, 4) is 0 Å². The van der Waals surface area contributed by atoms with Crippen LogP contribution in [0.4, 0.5) is 0 Å². The molecule has 0 aromatic carbocycles. The van der Waals surface area contributed by atoms with Gasteiger partial charge in [-0.1, -0.05) is 0 Å². The lowest BCUT2D eigenvalue weighted by molar-refractivity contribution is -0.0676. The summed E-state index contributed by atoms with van der Waals surface area (Å²) in [4.78, 5) is 0. The molecule has 0 amide bonds. The molecule has 2 unspecified atom stereocenters. The minimum atomic E-state index is -0.972. The topological polar surface area (TPSA) is 49.7 Å². The van der Waals surface area contributed by atoms with Crippen LogP contribution in [0.15, 0.2) is 0 Å². The van der Waals surface area contributed by atoms with Gasteiger partial charge in [0, 0.05) is 13.0 Å². The summed E-state index contributed by atoms with van der Waals surface area (Å²) in [5.74, 6) is 0. The minimum Gasteiger partial charge on any atom is -0.390 e. The number of hydrogen-bond donors (Lipinski definition) is 2. The smallest absolute Gasteiger partial charge is 0.116 e. The van der Waals surface area contributed by atoms with E-state index in [0.717, 1.165) is 0 Å². The molecule has 1 saturated heterocycles. The van der Waals surface area contributed by atoms with Gasteiger partial charge in [-0.2, -0.15) is 0 Å². The van der Waals surface area contributed by atoms with Crippen LogP contribution in [0, 0.1) is 0 Å². The van der Waals surface area contributed by atoms with Gasteiger partial charge < -0.3 is 14.9 Å². The third kappa shape index (κ3) is 1.23. The van der Waals surface area contributed by atoms with Gasteiger partial charge in [-0.25, -0.2) is 0 Å². The van der Waals surface area contributed by atoms with Crippen molar-refractivity contribution in [2.45, 2.75) is 25.0 Å². The number of aliphatic hydroxyl groups is 2. The van der Waals surface area contributed by atoms with Crippen molar-refractivity contribution < 1.29 is 14.9 Å². The highest BCUT2D eigenvalue weighted by molar-refractivity contribution is 4.87. The zero-order valence-electron chi connectivity index (χ0n) is 5.50. The maximum atomic E-state index is 9.39. The average molecular weight is 132 g/mol. The zero-order valence-corrected chi connectivity index (χ0v) is 5.50. The Morgan fingerprint density at radius 1 is 1.67 bits per heavy atom. The van der Waals surface area contributed by atoms with E-state index in [1.807, 2.05) is 0 Å². The predicted molar refractivity (Wildman–Crippen MR) is 32.1 cm³/mol. The molecule has 54 valence electrons. The fourth-order valence-electron chi connectivity index (χ4n) is 0.899. The van der Waals surface area contributed by atoms with Crippen molar-refractivity contribution in [1.29, 1.82) is 0 Å². The standard InChI is InChI=1S/C6H12O3/c1-5(7)6(8)2-3-9-4-6/h5,7-8H,2-4H2,1H3. The van der Waals surface area contributed by atoms with E-state index < -0.39 is 11.7 Å². The van der Waals surface area contributed by atoms with E-state index in [1.165, 1.54) is 0 Å². The maximum absolute atomic E-state index is 9.39. The molecule has 2 atom stereocenters. The highest BCUT2D eigenvalue weighted by Gasteiger charge is 2.36. The van der Waals surface area contributed by atoms with Gasteiger partial charge in [0.05, 0.1) is 12.7 Å². The second kappa shape index (κ2) is 2.25. The van der Waals surface area contributed by atoms with Crippen molar-refractivity contribution in [3.05, 3.63) is 0 Å². The van der Waals surface area contributed by atoms with E-state index >= 15 is 0 Å². The molecular formula is C6H12O3. The Morgan fingerprint density at radius 2 is 2.33 bits per heavy atom. The molecule has 2 N–H and O–H groups in total. The SMILES string of the molecule is CC(O)C1(O)CCOC1. The third-order valence-corrected chi connectivity index (χ3v) is 1.81. The summed E-state index contributed by atoms with van der Waals surface area (Å²) in [6, 6.07) is 0. The Balaban J connectivity index is 2.51. The summed E-state index contributed by atoms with van der Waals surface area (Å²) in [6.45, 7) is 2.40. The molecular weight excluding hydrogens is 120 g/mol. The fraction of sp³-hybridized carbons (Fsp3) is 1.00. The molecule has 0 aromatic rings. The molecule has 0 saturated carbocycles. The van der Waals surface area contributed by atoms with E-state index in [-0.39, 0.29) is 6.61 Å². The largest absolute Gasteiger partial charge is 0.390 e. The summed E-state index contributed by atoms with van der Waals surface area (Å²) in [5.41, 5.74) is -0.972. The Morgan fingerprint density at radius 3 is 2.56 bits per heavy atom. The Labute approximate surface area is 54.3 Å². The lowest BCUT2D eigenvalue weighted by Gasteiger charge is -2.22. The van der Waals surface area contributed by atoms with Gasteiger partial charge in [-0.05, 0) is 6.92 Å². The molecule has 1 heterocycles. The van der Waals surface area contributed by atoms with E-state index in [1.54, 1.807) is 6.92 Å². The van der Waals surface area contributed by atoms with E-state index in [9.17, 15) is 5.11 Å². The van der Waals surface area contributed by atoms with Gasteiger partial charge in [-0.15, -0.1) is 0 Å². The molecule has 0 bridgehead atoms. The molecule has 0 aliphatic carbocycles. The first kappa shape index (κ1) is 6.99. The normalized spacial score (nSPS) is 39.0. The van der Waals surface area contributed by atoms with Crippen molar-refractivity contribution in [2.75, 3.05) is 13.2 Å². The lowest BCUT2D eigenvalue weighted by atomic mass is 9.98. The van der Waals surface area contributed by atoms with E-state index in [2.05, 4.69) is 0 Å². The molecule has 1 rings (SSSR count). The lowest BCUT2D eigenvalue weighted by Crippen LogP contribution is -2.40. The molecule has 1 fully saturated rings. The second-order valence-corrected chi connectivity index (χ2v) is 2.58. The Hall–Kier alpha value is -0.120. The summed E-state index contributed by atoms with van der Waals surface area (Å²) in [7, 11) is 0. The number of aliphatic hydroxyl groups excluding tert-OH is 1. The van der Waals surface area contributed by atoms with Crippen LogP contribution in [0.2, 0.25) is 0 Å². The first-order chi connectivity index (χ1) is 4.15. The first-order valence-electron chi connectivity index (χ1n) is 3.13. The Kier molecular flexibility index (Phi) is 1.75. The monoisotopic (exact) mass is 132 g/mol. The van der Waals surface area contributed by atoms with E-state index in [4.69, 9.17) is 9.84 Å². The van der Waals surface area contributed by atoms with Gasteiger partial charge in [0.25, 0.3) is 0 Å². The molecule has 1 aliphatic heterocycles. The van der Waals surface area contributed by atoms with Crippen molar-refractivity contribution in [1.82, 2.24) is 0 Å². The van der Waals surface area contributed by atoms with Gasteiger partial charge >= 0.3 is 0 Å². The minimum absolute atomic E-state index is 0.269. The third-order valence-electron chi connectivity index (χ3n) is 1.81. The van der Waals surface area contributed by atoms with Crippen LogP contribution in [-0.4, -0.2) is 35.1 Å². The zero-order chi connectivity index (χ0) is 6.91. The van der Waals surface area contributed by atoms with Crippen LogP contribution in [0.5, 0.6) is 0 Å². The maximum Gasteiger partial charge on any atom is 0.116 e. The number of hydrogen-bond acceptors (Lipinski definition) is 3. The van der Waals surface area contributed by atoms with Gasteiger partial charge in [0.2, 0.25) is 0 Å². The van der Waals surface area contributed by atoms with Crippen LogP contribution in [0.1, 0.15) is 13.3 Å². The van der Waals surface area contributed by atoms with Crippen LogP contribution in [0.25, 0.3) is 0 Å². The van der Waals surface area contributed by atoms with Crippen molar-refractivity contribution in [3.63, 3.8) is 0 Å². The molecule has 9 heavy (non-hydrogen) atoms. The highest BCUT2D eigenvalue weighted by Crippen LogP contribution is 2.21.